The van der Waals surface area contributed by atoms with Crippen molar-refractivity contribution in [2.24, 2.45) is 51.2 Å². The minimum absolute atomic E-state index is 0.00521. The van der Waals surface area contributed by atoms with E-state index in [1.165, 1.54) is 0 Å². The lowest BCUT2D eigenvalue weighted by atomic mass is 9.34. The van der Waals surface area contributed by atoms with E-state index < -0.39 is 154 Å². The minimum atomic E-state index is -1.79. The Morgan fingerprint density at radius 3 is 1.71 bits per heavy atom. The topological polar surface area (TPSA) is 337 Å². The van der Waals surface area contributed by atoms with Gasteiger partial charge in [-0.15, -0.1) is 0 Å². The second-order valence-electron chi connectivity index (χ2n) is 25.7. The summed E-state index contributed by atoms with van der Waals surface area (Å²) >= 11 is 0. The van der Waals surface area contributed by atoms with Crippen LogP contribution >= 0.6 is 0 Å². The van der Waals surface area contributed by atoms with Crippen molar-refractivity contribution in [3.63, 3.8) is 0 Å². The van der Waals surface area contributed by atoms with Gasteiger partial charge in [0.2, 0.25) is 0 Å². The monoisotopic (exact) mass is 1080 g/mol. The quantitative estimate of drug-likeness (QED) is 0.0698. The molecule has 434 valence electrons. The van der Waals surface area contributed by atoms with Crippen molar-refractivity contribution in [3.05, 3.63) is 11.6 Å². The Kier molecular flexibility index (Phi) is 18.1. The second-order valence-corrected chi connectivity index (χ2v) is 25.7. The van der Waals surface area contributed by atoms with E-state index in [2.05, 4.69) is 54.5 Å². The smallest absolute Gasteiger partial charge is 0.187 e. The summed E-state index contributed by atoms with van der Waals surface area (Å²) in [5, 5.41) is 139. The molecule has 8 fully saturated rings. The maximum absolute atomic E-state index is 11.5. The lowest BCUT2D eigenvalue weighted by Gasteiger charge is -2.71. The molecule has 0 spiro atoms. The number of aliphatic hydroxyl groups is 13. The van der Waals surface area contributed by atoms with E-state index in [0.29, 0.717) is 25.2 Å². The number of rotatable bonds is 16. The molecule has 4 heterocycles. The molecule has 4 saturated heterocycles. The largest absolute Gasteiger partial charge is 0.394 e. The molecule has 4 aliphatic carbocycles. The Balaban J connectivity index is 1.01. The first kappa shape index (κ1) is 60.0. The highest BCUT2D eigenvalue weighted by Gasteiger charge is 2.71. The van der Waals surface area contributed by atoms with Crippen LogP contribution in [-0.4, -0.2) is 221 Å². The third-order valence-corrected chi connectivity index (χ3v) is 20.9. The number of hydrogen-bond acceptors (Lipinski definition) is 21. The van der Waals surface area contributed by atoms with Gasteiger partial charge in [0, 0.05) is 0 Å². The molecule has 0 aromatic rings. The predicted octanol–water partition coefficient (Wildman–Crippen LogP) is -0.288. The van der Waals surface area contributed by atoms with Gasteiger partial charge in [-0.2, -0.15) is 0 Å². The Hall–Kier alpha value is -1.10. The molecule has 4 aliphatic heterocycles. The summed E-state index contributed by atoms with van der Waals surface area (Å²) in [5.41, 5.74) is -0.614. The normalized spacial score (nSPS) is 52.6. The molecule has 13 N–H and O–H groups in total. The summed E-state index contributed by atoms with van der Waals surface area (Å²) in [4.78, 5) is 0. The molecular formula is C54H92O21. The maximum atomic E-state index is 11.5. The molecule has 8 aliphatic rings. The average molecular weight is 1080 g/mol. The van der Waals surface area contributed by atoms with Crippen molar-refractivity contribution >= 4 is 0 Å². The fourth-order valence-corrected chi connectivity index (χ4v) is 16.5. The van der Waals surface area contributed by atoms with E-state index in [9.17, 15) is 66.4 Å². The molecule has 21 nitrogen and oxygen atoms in total. The molecule has 0 amide bonds. The highest BCUT2D eigenvalue weighted by Crippen LogP contribution is 2.77. The molecule has 21 heteroatoms. The predicted molar refractivity (Wildman–Crippen MR) is 263 cm³/mol. The summed E-state index contributed by atoms with van der Waals surface area (Å²) in [7, 11) is 0. The molecule has 8 rings (SSSR count). The number of allylic oxidation sites excluding steroid dienone is 2. The third kappa shape index (κ3) is 10.5. The van der Waals surface area contributed by atoms with Gasteiger partial charge in [-0.1, -0.05) is 53.2 Å². The van der Waals surface area contributed by atoms with Crippen LogP contribution in [0.2, 0.25) is 0 Å². The molecular weight excluding hydrogens is 985 g/mol. The highest BCUT2D eigenvalue weighted by atomic mass is 16.8. The van der Waals surface area contributed by atoms with Gasteiger partial charge in [0.25, 0.3) is 0 Å². The van der Waals surface area contributed by atoms with Crippen molar-refractivity contribution < 1.29 is 104 Å². The summed E-state index contributed by atoms with van der Waals surface area (Å²) in [6, 6.07) is 0. The zero-order chi connectivity index (χ0) is 55.1. The molecule has 29 atom stereocenters. The van der Waals surface area contributed by atoms with E-state index in [4.69, 9.17) is 37.9 Å². The van der Waals surface area contributed by atoms with Crippen LogP contribution in [0.4, 0.5) is 0 Å². The van der Waals surface area contributed by atoms with Gasteiger partial charge < -0.3 is 104 Å². The van der Waals surface area contributed by atoms with E-state index in [0.717, 1.165) is 44.1 Å². The number of ether oxygens (including phenoxy) is 8. The second kappa shape index (κ2) is 22.7. The van der Waals surface area contributed by atoms with E-state index in [-0.39, 0.29) is 46.5 Å². The lowest BCUT2D eigenvalue weighted by Crippen LogP contribution is -2.67. The van der Waals surface area contributed by atoms with Gasteiger partial charge >= 0.3 is 0 Å². The molecule has 0 aromatic carbocycles. The Bertz CT molecular complexity index is 1940. The minimum Gasteiger partial charge on any atom is -0.394 e. The summed E-state index contributed by atoms with van der Waals surface area (Å²) < 4.78 is 49.2. The van der Waals surface area contributed by atoms with Crippen LogP contribution in [0.5, 0.6) is 0 Å². The highest BCUT2D eigenvalue weighted by molar-refractivity contribution is 5.20. The number of hydrogen-bond donors (Lipinski definition) is 13. The van der Waals surface area contributed by atoms with Crippen LogP contribution in [0.3, 0.4) is 0 Å². The Labute approximate surface area is 441 Å². The van der Waals surface area contributed by atoms with Crippen molar-refractivity contribution in [1.29, 1.82) is 0 Å². The maximum Gasteiger partial charge on any atom is 0.187 e. The van der Waals surface area contributed by atoms with E-state index >= 15 is 0 Å². The first-order valence-electron chi connectivity index (χ1n) is 27.6. The Morgan fingerprint density at radius 2 is 1.09 bits per heavy atom. The number of aliphatic hydroxyl groups excluding tert-OH is 13. The Morgan fingerprint density at radius 1 is 0.573 bits per heavy atom. The van der Waals surface area contributed by atoms with Crippen molar-refractivity contribution in [2.45, 2.75) is 249 Å². The molecule has 29 unspecified atom stereocenters. The van der Waals surface area contributed by atoms with Crippen LogP contribution in [-0.2, 0) is 37.9 Å². The van der Waals surface area contributed by atoms with Gasteiger partial charge in [-0.25, -0.2) is 0 Å². The van der Waals surface area contributed by atoms with Gasteiger partial charge in [-0.05, 0) is 130 Å². The van der Waals surface area contributed by atoms with Crippen LogP contribution in [0.25, 0.3) is 0 Å². The third-order valence-electron chi connectivity index (χ3n) is 20.9. The molecule has 75 heavy (non-hydrogen) atoms. The summed E-state index contributed by atoms with van der Waals surface area (Å²) in [6.07, 6.45) is -19.3. The molecule has 4 saturated carbocycles. The van der Waals surface area contributed by atoms with E-state index in [1.807, 2.05) is 13.8 Å². The zero-order valence-corrected chi connectivity index (χ0v) is 45.3. The van der Waals surface area contributed by atoms with Crippen molar-refractivity contribution in [1.82, 2.24) is 0 Å². The van der Waals surface area contributed by atoms with Crippen molar-refractivity contribution in [2.75, 3.05) is 26.4 Å². The van der Waals surface area contributed by atoms with Gasteiger partial charge in [0.1, 0.15) is 91.6 Å². The van der Waals surface area contributed by atoms with Crippen LogP contribution in [0.15, 0.2) is 11.6 Å². The fourth-order valence-electron chi connectivity index (χ4n) is 16.5. The first-order valence-corrected chi connectivity index (χ1v) is 27.6. The fraction of sp³-hybridized carbons (Fsp3) is 0.963. The standard InChI is InChI=1S/C54H92O21/c1-24(2)11-10-15-54(9,75-48-44(67)40(63)38(61)30(72-48)23-68-46-42(65)37(60)29(22-57)69-46)26-12-17-53(8)34(26)25(3)19-32-51(6)16-14-33(50(4,5)31(51)13-18-52(32,53)7)73-49-45(41(64)36(59)28(21-56)71-49)74-47-43(66)39(62)35(58)27(20-55)70-47/h11,25-49,55-67H,10,12-23H2,1-9H3. The zero-order valence-electron chi connectivity index (χ0n) is 45.3. The van der Waals surface area contributed by atoms with Crippen LogP contribution < -0.4 is 0 Å². The molecule has 0 aromatic heterocycles. The average Bonchev–Trinajstić information content (AvgIpc) is 3.89. The number of fused-ring (bicyclic) bond motifs is 5. The van der Waals surface area contributed by atoms with Gasteiger partial charge in [-0.3, -0.25) is 0 Å². The van der Waals surface area contributed by atoms with Gasteiger partial charge in [0.15, 0.2) is 25.2 Å². The van der Waals surface area contributed by atoms with Crippen LogP contribution in [0.1, 0.15) is 120 Å². The van der Waals surface area contributed by atoms with Gasteiger partial charge in [0.05, 0.1) is 38.1 Å². The lowest BCUT2D eigenvalue weighted by molar-refractivity contribution is -0.378. The SMILES string of the molecule is CC(C)=CCCC(C)(OC1OC(COC2OC(CO)C(O)C2O)C(O)C(O)C1O)C1CCC2(C)C1C(C)CC1C3(C)CCC(OC4OC(CO)C(O)C(O)C4OC4OC(CO)C(O)C(O)C4O)C(C)(C)C3CCC12C. The summed E-state index contributed by atoms with van der Waals surface area (Å²) in [5.74, 6) is 0.898. The first-order chi connectivity index (χ1) is 35.1. The molecule has 0 radical (unpaired) electrons. The molecule has 0 bridgehead atoms. The van der Waals surface area contributed by atoms with Crippen LogP contribution in [0, 0.1) is 51.2 Å². The van der Waals surface area contributed by atoms with Crippen molar-refractivity contribution in [3.8, 4) is 0 Å². The summed E-state index contributed by atoms with van der Waals surface area (Å²) in [6.45, 7) is 18.0. The van der Waals surface area contributed by atoms with E-state index in [1.54, 1.807) is 0 Å².